The molecule has 164 valence electrons. The molecule has 0 heterocycles. The van der Waals surface area contributed by atoms with Crippen LogP contribution in [0.3, 0.4) is 0 Å². The summed E-state index contributed by atoms with van der Waals surface area (Å²) in [6.45, 7) is -0.382. The van der Waals surface area contributed by atoms with Gasteiger partial charge in [-0.1, -0.05) is 0 Å². The number of aromatic carboxylic acids is 1. The van der Waals surface area contributed by atoms with Gasteiger partial charge in [-0.25, -0.2) is 22.4 Å². The summed E-state index contributed by atoms with van der Waals surface area (Å²) in [7, 11) is 1.32. The number of methoxy groups -OCH3 is 1. The standard InChI is InChI=1S/C14H12F3NO2.C7H5FO3/c1-19-12-5-4-11(16)14(17)9(12)7-20-13-6-8(18)2-3-10(13)15;8-5-2-1-4(7(10)11)3-6(5)9/h2-6H,7,18H2,1H3;1-3,9H,(H,10,11). The van der Waals surface area contributed by atoms with Crippen LogP contribution in [0.1, 0.15) is 15.9 Å². The first-order chi connectivity index (χ1) is 14.6. The van der Waals surface area contributed by atoms with Gasteiger partial charge in [0.25, 0.3) is 0 Å². The van der Waals surface area contributed by atoms with E-state index in [2.05, 4.69) is 0 Å². The molecule has 0 amide bonds. The summed E-state index contributed by atoms with van der Waals surface area (Å²) in [4.78, 5) is 10.2. The molecule has 0 bridgehead atoms. The summed E-state index contributed by atoms with van der Waals surface area (Å²) in [5.74, 6) is -5.45. The fourth-order valence-corrected chi connectivity index (χ4v) is 2.33. The molecule has 0 saturated heterocycles. The first-order valence-electron chi connectivity index (χ1n) is 8.54. The topological polar surface area (TPSA) is 102 Å². The van der Waals surface area contributed by atoms with Crippen molar-refractivity contribution in [2.24, 2.45) is 0 Å². The van der Waals surface area contributed by atoms with Crippen LogP contribution in [-0.4, -0.2) is 23.3 Å². The van der Waals surface area contributed by atoms with Gasteiger partial charge >= 0.3 is 5.97 Å². The molecule has 0 aliphatic heterocycles. The van der Waals surface area contributed by atoms with Crippen molar-refractivity contribution >= 4 is 11.7 Å². The van der Waals surface area contributed by atoms with E-state index in [4.69, 9.17) is 25.4 Å². The summed E-state index contributed by atoms with van der Waals surface area (Å²) in [6.07, 6.45) is 0. The van der Waals surface area contributed by atoms with E-state index in [1.54, 1.807) is 0 Å². The molecule has 3 aromatic rings. The SMILES string of the molecule is COc1ccc(F)c(F)c1COc1cc(N)ccc1F.O=C(O)c1ccc(F)c(O)c1. The molecular weight excluding hydrogens is 422 g/mol. The van der Waals surface area contributed by atoms with Gasteiger partial charge in [0.1, 0.15) is 12.4 Å². The first kappa shape index (κ1) is 23.3. The summed E-state index contributed by atoms with van der Waals surface area (Å²) < 4.78 is 62.7. The number of hydrogen-bond acceptors (Lipinski definition) is 5. The van der Waals surface area contributed by atoms with E-state index in [-0.39, 0.29) is 29.2 Å². The lowest BCUT2D eigenvalue weighted by molar-refractivity contribution is 0.0696. The van der Waals surface area contributed by atoms with Crippen LogP contribution in [0.15, 0.2) is 48.5 Å². The van der Waals surface area contributed by atoms with E-state index in [1.807, 2.05) is 0 Å². The van der Waals surface area contributed by atoms with Crippen molar-refractivity contribution in [3.05, 3.63) is 82.9 Å². The normalized spacial score (nSPS) is 10.1. The number of carbonyl (C=O) groups is 1. The van der Waals surface area contributed by atoms with Gasteiger partial charge < -0.3 is 25.4 Å². The molecule has 0 aromatic heterocycles. The lowest BCUT2D eigenvalue weighted by atomic mass is 10.2. The third-order valence-corrected chi connectivity index (χ3v) is 3.89. The van der Waals surface area contributed by atoms with Crippen molar-refractivity contribution < 1.29 is 42.0 Å². The second-order valence-corrected chi connectivity index (χ2v) is 5.99. The Labute approximate surface area is 174 Å². The number of phenols is 1. The van der Waals surface area contributed by atoms with Crippen LogP contribution in [0, 0.1) is 23.3 Å². The van der Waals surface area contributed by atoms with E-state index < -0.39 is 35.0 Å². The van der Waals surface area contributed by atoms with E-state index in [1.165, 1.54) is 25.3 Å². The molecule has 31 heavy (non-hydrogen) atoms. The lowest BCUT2D eigenvalue weighted by Gasteiger charge is -2.12. The van der Waals surface area contributed by atoms with Crippen molar-refractivity contribution in [3.8, 4) is 17.2 Å². The van der Waals surface area contributed by atoms with Gasteiger partial charge in [-0.3, -0.25) is 0 Å². The fourth-order valence-electron chi connectivity index (χ4n) is 2.33. The zero-order chi connectivity index (χ0) is 23.1. The molecule has 0 saturated carbocycles. The van der Waals surface area contributed by atoms with Gasteiger partial charge in [0, 0.05) is 11.8 Å². The smallest absolute Gasteiger partial charge is 0.335 e. The highest BCUT2D eigenvalue weighted by atomic mass is 19.2. The van der Waals surface area contributed by atoms with Crippen LogP contribution in [-0.2, 0) is 6.61 Å². The average Bonchev–Trinajstić information content (AvgIpc) is 2.73. The number of benzene rings is 3. The minimum absolute atomic E-state index is 0.119. The molecule has 6 nitrogen and oxygen atoms in total. The number of carboxylic acids is 1. The van der Waals surface area contributed by atoms with Gasteiger partial charge in [-0.15, -0.1) is 0 Å². The highest BCUT2D eigenvalue weighted by Crippen LogP contribution is 2.27. The first-order valence-corrected chi connectivity index (χ1v) is 8.54. The van der Waals surface area contributed by atoms with Gasteiger partial charge in [-0.2, -0.15) is 0 Å². The predicted molar refractivity (Wildman–Crippen MR) is 103 cm³/mol. The van der Waals surface area contributed by atoms with Gasteiger partial charge in [0.05, 0.1) is 18.2 Å². The molecule has 0 spiro atoms. The van der Waals surface area contributed by atoms with Crippen LogP contribution >= 0.6 is 0 Å². The number of nitrogen functional groups attached to an aromatic ring is 1. The summed E-state index contributed by atoms with van der Waals surface area (Å²) >= 11 is 0. The molecule has 0 fully saturated rings. The van der Waals surface area contributed by atoms with E-state index >= 15 is 0 Å². The zero-order valence-corrected chi connectivity index (χ0v) is 16.0. The lowest BCUT2D eigenvalue weighted by Crippen LogP contribution is -2.05. The van der Waals surface area contributed by atoms with Crippen molar-refractivity contribution in [1.82, 2.24) is 0 Å². The van der Waals surface area contributed by atoms with Gasteiger partial charge in [0.15, 0.2) is 34.8 Å². The minimum Gasteiger partial charge on any atom is -0.505 e. The Kier molecular flexibility index (Phi) is 7.67. The summed E-state index contributed by atoms with van der Waals surface area (Å²) in [6, 6.07) is 8.81. The number of rotatable bonds is 5. The third-order valence-electron chi connectivity index (χ3n) is 3.89. The van der Waals surface area contributed by atoms with Crippen LogP contribution in [0.5, 0.6) is 17.2 Å². The number of carboxylic acid groups (broad SMARTS) is 1. The zero-order valence-electron chi connectivity index (χ0n) is 16.0. The Bertz CT molecular complexity index is 1090. The maximum Gasteiger partial charge on any atom is 0.335 e. The van der Waals surface area contributed by atoms with Crippen molar-refractivity contribution in [3.63, 3.8) is 0 Å². The van der Waals surface area contributed by atoms with E-state index in [0.717, 1.165) is 30.3 Å². The number of anilines is 1. The molecule has 4 N–H and O–H groups in total. The number of nitrogens with two attached hydrogens (primary N) is 1. The molecule has 10 heteroatoms. The molecule has 0 aliphatic carbocycles. The van der Waals surface area contributed by atoms with Crippen LogP contribution in [0.2, 0.25) is 0 Å². The molecule has 0 atom stereocenters. The number of phenolic OH excluding ortho intramolecular Hbond substituents is 1. The Morgan fingerprint density at radius 3 is 2.19 bits per heavy atom. The van der Waals surface area contributed by atoms with Gasteiger partial charge in [-0.05, 0) is 42.5 Å². The Balaban J connectivity index is 0.000000262. The highest BCUT2D eigenvalue weighted by molar-refractivity contribution is 5.88. The fraction of sp³-hybridized carbons (Fsp3) is 0.0952. The molecule has 0 aliphatic rings. The summed E-state index contributed by atoms with van der Waals surface area (Å²) in [5.41, 5.74) is 5.53. The van der Waals surface area contributed by atoms with E-state index in [0.29, 0.717) is 5.69 Å². The Morgan fingerprint density at radius 2 is 1.58 bits per heavy atom. The molecule has 0 unspecified atom stereocenters. The molecule has 3 rings (SSSR count). The minimum atomic E-state index is -1.19. The Hall–Kier alpha value is -3.95. The monoisotopic (exact) mass is 439 g/mol. The highest BCUT2D eigenvalue weighted by Gasteiger charge is 2.16. The summed E-state index contributed by atoms with van der Waals surface area (Å²) in [5, 5.41) is 17.1. The number of hydrogen-bond donors (Lipinski definition) is 3. The number of aromatic hydroxyl groups is 1. The van der Waals surface area contributed by atoms with Crippen molar-refractivity contribution in [2.45, 2.75) is 6.61 Å². The third kappa shape index (κ3) is 6.01. The van der Waals surface area contributed by atoms with Crippen LogP contribution < -0.4 is 15.2 Å². The van der Waals surface area contributed by atoms with E-state index in [9.17, 15) is 22.4 Å². The number of halogens is 4. The number of ether oxygens (including phenoxy) is 2. The van der Waals surface area contributed by atoms with Crippen LogP contribution in [0.25, 0.3) is 0 Å². The predicted octanol–water partition coefficient (Wildman–Crippen LogP) is 4.50. The van der Waals surface area contributed by atoms with Gasteiger partial charge in [0.2, 0.25) is 0 Å². The second kappa shape index (κ2) is 10.2. The second-order valence-electron chi connectivity index (χ2n) is 5.99. The largest absolute Gasteiger partial charge is 0.505 e. The van der Waals surface area contributed by atoms with Crippen molar-refractivity contribution in [1.29, 1.82) is 0 Å². The Morgan fingerprint density at radius 1 is 0.935 bits per heavy atom. The molecule has 3 aromatic carbocycles. The maximum atomic E-state index is 13.7. The molecule has 0 radical (unpaired) electrons. The van der Waals surface area contributed by atoms with Crippen molar-refractivity contribution in [2.75, 3.05) is 12.8 Å². The average molecular weight is 439 g/mol. The quantitative estimate of drug-likeness (QED) is 0.400. The van der Waals surface area contributed by atoms with Crippen LogP contribution in [0.4, 0.5) is 23.2 Å². The molecular formula is C21H17F4NO5. The maximum absolute atomic E-state index is 13.7.